The zero-order valence-electron chi connectivity index (χ0n) is 6.32. The Morgan fingerprint density at radius 1 is 1.46 bits per heavy atom. The van der Waals surface area contributed by atoms with E-state index in [9.17, 15) is 4.79 Å². The summed E-state index contributed by atoms with van der Waals surface area (Å²) in [4.78, 5) is 21.5. The van der Waals surface area contributed by atoms with Crippen LogP contribution >= 0.6 is 28.3 Å². The Labute approximate surface area is 88.0 Å². The standard InChI is InChI=1S/C7H4BrN3O.ClH/c8-5-2-10-7(12)4-1-9-3-11-6(4)5;/h1-3H,(H,10,12);1H. The van der Waals surface area contributed by atoms with Crippen LogP contribution in [-0.2, 0) is 0 Å². The summed E-state index contributed by atoms with van der Waals surface area (Å²) in [5.74, 6) is 0. The average molecular weight is 262 g/mol. The molecule has 0 saturated heterocycles. The van der Waals surface area contributed by atoms with Gasteiger partial charge in [-0.05, 0) is 15.9 Å². The number of hydrogen-bond acceptors (Lipinski definition) is 3. The molecule has 0 atom stereocenters. The second-order valence-corrected chi connectivity index (χ2v) is 3.11. The molecule has 0 aliphatic rings. The predicted molar refractivity (Wildman–Crippen MR) is 55.1 cm³/mol. The number of H-pyrrole nitrogens is 1. The molecule has 0 saturated carbocycles. The molecule has 2 aromatic rings. The van der Waals surface area contributed by atoms with E-state index >= 15 is 0 Å². The second kappa shape index (κ2) is 3.85. The monoisotopic (exact) mass is 261 g/mol. The number of nitrogens with one attached hydrogen (secondary N) is 1. The lowest BCUT2D eigenvalue weighted by molar-refractivity contribution is 1.18. The highest BCUT2D eigenvalue weighted by atomic mass is 79.9. The molecule has 0 amide bonds. The summed E-state index contributed by atoms with van der Waals surface area (Å²) in [6.07, 6.45) is 4.47. The highest BCUT2D eigenvalue weighted by Crippen LogP contribution is 2.15. The molecule has 68 valence electrons. The van der Waals surface area contributed by atoms with E-state index in [-0.39, 0.29) is 18.0 Å². The van der Waals surface area contributed by atoms with Crippen molar-refractivity contribution in [1.82, 2.24) is 15.0 Å². The van der Waals surface area contributed by atoms with Crippen LogP contribution in [0.2, 0.25) is 0 Å². The molecule has 0 spiro atoms. The second-order valence-electron chi connectivity index (χ2n) is 2.25. The Morgan fingerprint density at radius 2 is 2.23 bits per heavy atom. The van der Waals surface area contributed by atoms with E-state index in [1.807, 2.05) is 0 Å². The molecule has 0 bridgehead atoms. The van der Waals surface area contributed by atoms with Gasteiger partial charge in [0.05, 0.1) is 15.4 Å². The van der Waals surface area contributed by atoms with Crippen molar-refractivity contribution in [1.29, 1.82) is 0 Å². The number of pyridine rings is 1. The maximum atomic E-state index is 11.2. The topological polar surface area (TPSA) is 58.6 Å². The maximum absolute atomic E-state index is 11.2. The van der Waals surface area contributed by atoms with E-state index < -0.39 is 0 Å². The van der Waals surface area contributed by atoms with E-state index in [1.165, 1.54) is 12.5 Å². The molecular weight excluding hydrogens is 257 g/mol. The van der Waals surface area contributed by atoms with Gasteiger partial charge in [0, 0.05) is 12.4 Å². The van der Waals surface area contributed by atoms with Crippen molar-refractivity contribution in [2.24, 2.45) is 0 Å². The van der Waals surface area contributed by atoms with Gasteiger partial charge >= 0.3 is 0 Å². The molecule has 4 nitrogen and oxygen atoms in total. The summed E-state index contributed by atoms with van der Waals surface area (Å²) in [7, 11) is 0. The maximum Gasteiger partial charge on any atom is 0.259 e. The number of aromatic amines is 1. The van der Waals surface area contributed by atoms with E-state index in [4.69, 9.17) is 0 Å². The summed E-state index contributed by atoms with van der Waals surface area (Å²) >= 11 is 3.27. The van der Waals surface area contributed by atoms with Crippen LogP contribution in [0.4, 0.5) is 0 Å². The van der Waals surface area contributed by atoms with Crippen molar-refractivity contribution in [3.8, 4) is 0 Å². The van der Waals surface area contributed by atoms with Crippen molar-refractivity contribution in [3.05, 3.63) is 33.5 Å². The summed E-state index contributed by atoms with van der Waals surface area (Å²) < 4.78 is 0.763. The molecule has 0 radical (unpaired) electrons. The fourth-order valence-corrected chi connectivity index (χ4v) is 1.39. The Morgan fingerprint density at radius 3 is 2.92 bits per heavy atom. The molecule has 0 aliphatic heterocycles. The van der Waals surface area contributed by atoms with Crippen LogP contribution < -0.4 is 5.56 Å². The number of nitrogens with zero attached hydrogens (tertiary/aromatic N) is 2. The predicted octanol–water partition coefficient (Wildman–Crippen LogP) is 1.50. The van der Waals surface area contributed by atoms with Crippen LogP contribution in [0.15, 0.2) is 28.0 Å². The first-order valence-electron chi connectivity index (χ1n) is 3.26. The third kappa shape index (κ3) is 1.71. The lowest BCUT2D eigenvalue weighted by Gasteiger charge is -1.95. The van der Waals surface area contributed by atoms with Crippen molar-refractivity contribution >= 4 is 39.2 Å². The smallest absolute Gasteiger partial charge is 0.259 e. The minimum Gasteiger partial charge on any atom is -0.327 e. The third-order valence-corrected chi connectivity index (χ3v) is 2.12. The molecule has 13 heavy (non-hydrogen) atoms. The Balaban J connectivity index is 0.000000845. The number of hydrogen-bond donors (Lipinski definition) is 1. The summed E-state index contributed by atoms with van der Waals surface area (Å²) in [6.45, 7) is 0. The van der Waals surface area contributed by atoms with E-state index in [0.717, 1.165) is 4.47 Å². The molecule has 0 aliphatic carbocycles. The van der Waals surface area contributed by atoms with Crippen molar-refractivity contribution in [3.63, 3.8) is 0 Å². The molecule has 0 unspecified atom stereocenters. The quantitative estimate of drug-likeness (QED) is 0.783. The molecule has 0 aromatic carbocycles. The first-order chi connectivity index (χ1) is 5.79. The van der Waals surface area contributed by atoms with Crippen LogP contribution in [0.3, 0.4) is 0 Å². The van der Waals surface area contributed by atoms with Gasteiger partial charge in [-0.3, -0.25) is 4.79 Å². The zero-order valence-corrected chi connectivity index (χ0v) is 8.72. The lowest BCUT2D eigenvalue weighted by atomic mass is 10.3. The summed E-state index contributed by atoms with van der Waals surface area (Å²) in [5.41, 5.74) is 0.461. The van der Waals surface area contributed by atoms with Crippen molar-refractivity contribution in [2.75, 3.05) is 0 Å². The van der Waals surface area contributed by atoms with Gasteiger partial charge in [0.15, 0.2) is 0 Å². The van der Waals surface area contributed by atoms with Gasteiger partial charge in [0.2, 0.25) is 0 Å². The Hall–Kier alpha value is -0.940. The SMILES string of the molecule is Cl.O=c1[nH]cc(Br)c2ncncc12. The van der Waals surface area contributed by atoms with Gasteiger partial charge < -0.3 is 4.98 Å². The number of fused-ring (bicyclic) bond motifs is 1. The minimum atomic E-state index is -0.172. The van der Waals surface area contributed by atoms with Crippen LogP contribution in [0.25, 0.3) is 10.9 Å². The largest absolute Gasteiger partial charge is 0.327 e. The van der Waals surface area contributed by atoms with Crippen LogP contribution in [-0.4, -0.2) is 15.0 Å². The van der Waals surface area contributed by atoms with Gasteiger partial charge in [0.1, 0.15) is 6.33 Å². The molecule has 0 fully saturated rings. The van der Waals surface area contributed by atoms with Gasteiger partial charge in [-0.1, -0.05) is 0 Å². The highest BCUT2D eigenvalue weighted by Gasteiger charge is 2.01. The van der Waals surface area contributed by atoms with Crippen molar-refractivity contribution < 1.29 is 0 Å². The molecule has 2 aromatic heterocycles. The first-order valence-corrected chi connectivity index (χ1v) is 4.05. The van der Waals surface area contributed by atoms with Crippen molar-refractivity contribution in [2.45, 2.75) is 0 Å². The number of halogens is 2. The van der Waals surface area contributed by atoms with Gasteiger partial charge in [-0.25, -0.2) is 9.97 Å². The van der Waals surface area contributed by atoms with Gasteiger partial charge in [-0.15, -0.1) is 12.4 Å². The molecule has 1 N–H and O–H groups in total. The van der Waals surface area contributed by atoms with Crippen LogP contribution in [0.5, 0.6) is 0 Å². The van der Waals surface area contributed by atoms with Crippen LogP contribution in [0, 0.1) is 0 Å². The van der Waals surface area contributed by atoms with E-state index in [1.54, 1.807) is 6.20 Å². The fourth-order valence-electron chi connectivity index (χ4n) is 0.961. The molecular formula is C7H5BrClN3O. The minimum absolute atomic E-state index is 0. The Bertz CT molecular complexity index is 484. The third-order valence-electron chi connectivity index (χ3n) is 1.51. The zero-order chi connectivity index (χ0) is 8.55. The average Bonchev–Trinajstić information content (AvgIpc) is 2.12. The van der Waals surface area contributed by atoms with Gasteiger partial charge in [0.25, 0.3) is 5.56 Å². The van der Waals surface area contributed by atoms with Gasteiger partial charge in [-0.2, -0.15) is 0 Å². The summed E-state index contributed by atoms with van der Waals surface area (Å²) in [5, 5.41) is 0.492. The normalized spacial score (nSPS) is 9.62. The molecule has 2 rings (SSSR count). The number of rotatable bonds is 0. The number of aromatic nitrogens is 3. The van der Waals surface area contributed by atoms with Crippen LogP contribution in [0.1, 0.15) is 0 Å². The fraction of sp³-hybridized carbons (Fsp3) is 0. The summed E-state index contributed by atoms with van der Waals surface area (Å²) in [6, 6.07) is 0. The first kappa shape index (κ1) is 10.1. The lowest BCUT2D eigenvalue weighted by Crippen LogP contribution is -2.06. The molecule has 6 heteroatoms. The molecule has 2 heterocycles. The van der Waals surface area contributed by atoms with E-state index in [2.05, 4.69) is 30.9 Å². The Kier molecular flexibility index (Phi) is 3.00. The highest BCUT2D eigenvalue weighted by molar-refractivity contribution is 9.10. The van der Waals surface area contributed by atoms with E-state index in [0.29, 0.717) is 10.9 Å².